The largest absolute Gasteiger partial charge is 0.348 e. The second kappa shape index (κ2) is 5.15. The molecule has 1 heterocycles. The van der Waals surface area contributed by atoms with Crippen molar-refractivity contribution in [1.82, 2.24) is 4.98 Å². The van der Waals surface area contributed by atoms with Crippen LogP contribution in [0.1, 0.15) is 30.3 Å². The van der Waals surface area contributed by atoms with E-state index in [0.717, 1.165) is 24.1 Å². The van der Waals surface area contributed by atoms with Crippen molar-refractivity contribution < 1.29 is 4.79 Å². The molecule has 88 valence electrons. The molecule has 0 bridgehead atoms. The maximum atomic E-state index is 11.4. The van der Waals surface area contributed by atoms with Gasteiger partial charge in [0.15, 0.2) is 10.9 Å². The number of Topliss-reactive ketones (excluding diaryl/α,β-unsaturated/α-hetero) is 1. The highest BCUT2D eigenvalue weighted by molar-refractivity contribution is 7.14. The average Bonchev–Trinajstić information content (AvgIpc) is 3.00. The predicted octanol–water partition coefficient (Wildman–Crippen LogP) is 2.80. The van der Waals surface area contributed by atoms with Gasteiger partial charge in [0, 0.05) is 18.5 Å². The fourth-order valence-corrected chi connectivity index (χ4v) is 2.60. The molecule has 5 heteroatoms. The van der Waals surface area contributed by atoms with Gasteiger partial charge in [0.1, 0.15) is 5.69 Å². The zero-order valence-corrected chi connectivity index (χ0v) is 10.9. The third-order valence-corrected chi connectivity index (χ3v) is 3.87. The van der Waals surface area contributed by atoms with Crippen LogP contribution >= 0.6 is 22.9 Å². The van der Waals surface area contributed by atoms with Crippen LogP contribution < -0.4 is 4.90 Å². The molecule has 1 aromatic heterocycles. The fraction of sp³-hybridized carbons (Fsp3) is 0.636. The van der Waals surface area contributed by atoms with Gasteiger partial charge in [-0.25, -0.2) is 4.98 Å². The molecule has 2 rings (SSSR count). The number of carbonyl (C=O) groups is 1. The number of nitrogens with zero attached hydrogens (tertiary/aromatic N) is 2. The van der Waals surface area contributed by atoms with Crippen molar-refractivity contribution in [3.8, 4) is 0 Å². The van der Waals surface area contributed by atoms with Gasteiger partial charge in [-0.2, -0.15) is 0 Å². The zero-order chi connectivity index (χ0) is 11.5. The molecule has 3 nitrogen and oxygen atoms in total. The first kappa shape index (κ1) is 11.9. The normalized spacial score (nSPS) is 15.1. The number of ketones is 1. The van der Waals surface area contributed by atoms with Gasteiger partial charge in [0.25, 0.3) is 0 Å². The van der Waals surface area contributed by atoms with E-state index in [2.05, 4.69) is 16.8 Å². The van der Waals surface area contributed by atoms with Crippen LogP contribution in [0.2, 0.25) is 0 Å². The van der Waals surface area contributed by atoms with Crippen molar-refractivity contribution in [3.63, 3.8) is 0 Å². The van der Waals surface area contributed by atoms with Crippen LogP contribution in [0.5, 0.6) is 0 Å². The fourth-order valence-electron chi connectivity index (χ4n) is 1.56. The topological polar surface area (TPSA) is 33.2 Å². The Hall–Kier alpha value is -0.610. The van der Waals surface area contributed by atoms with Crippen LogP contribution in [0.3, 0.4) is 0 Å². The number of anilines is 1. The SMILES string of the molecule is CCN(CC1CC1)c1nc(C(=O)CCl)cs1. The summed E-state index contributed by atoms with van der Waals surface area (Å²) in [5, 5.41) is 2.75. The lowest BCUT2D eigenvalue weighted by atomic mass is 10.3. The van der Waals surface area contributed by atoms with E-state index in [0.29, 0.717) is 5.69 Å². The third kappa shape index (κ3) is 2.74. The molecule has 1 saturated carbocycles. The Morgan fingerprint density at radius 1 is 1.69 bits per heavy atom. The van der Waals surface area contributed by atoms with E-state index >= 15 is 0 Å². The number of halogens is 1. The standard InChI is InChI=1S/C11H15ClN2OS/c1-2-14(6-8-3-4-8)11-13-9(7-16-11)10(15)5-12/h7-8H,2-6H2,1H3. The third-order valence-electron chi connectivity index (χ3n) is 2.73. The summed E-state index contributed by atoms with van der Waals surface area (Å²) in [6.07, 6.45) is 2.66. The first-order valence-corrected chi connectivity index (χ1v) is 6.95. The Bertz CT molecular complexity index is 376. The molecule has 0 spiro atoms. The number of hydrogen-bond donors (Lipinski definition) is 0. The minimum Gasteiger partial charge on any atom is -0.348 e. The van der Waals surface area contributed by atoms with Gasteiger partial charge in [0.2, 0.25) is 0 Å². The zero-order valence-electron chi connectivity index (χ0n) is 9.28. The Labute approximate surface area is 104 Å². The smallest absolute Gasteiger partial charge is 0.196 e. The number of thiazole rings is 1. The van der Waals surface area contributed by atoms with E-state index in [4.69, 9.17) is 11.6 Å². The van der Waals surface area contributed by atoms with E-state index in [9.17, 15) is 4.79 Å². The van der Waals surface area contributed by atoms with Crippen molar-refractivity contribution in [2.75, 3.05) is 23.9 Å². The number of hydrogen-bond acceptors (Lipinski definition) is 4. The lowest BCUT2D eigenvalue weighted by molar-refractivity contribution is 0.101. The summed E-state index contributed by atoms with van der Waals surface area (Å²) < 4.78 is 0. The minimum absolute atomic E-state index is 0.0118. The van der Waals surface area contributed by atoms with Gasteiger partial charge in [-0.3, -0.25) is 4.79 Å². The maximum absolute atomic E-state index is 11.4. The lowest BCUT2D eigenvalue weighted by Crippen LogP contribution is -2.25. The monoisotopic (exact) mass is 258 g/mol. The summed E-state index contributed by atoms with van der Waals surface area (Å²) in [6, 6.07) is 0. The predicted molar refractivity (Wildman–Crippen MR) is 67.8 cm³/mol. The van der Waals surface area contributed by atoms with Gasteiger partial charge < -0.3 is 4.90 Å². The first-order chi connectivity index (χ1) is 7.74. The molecule has 0 atom stereocenters. The number of aromatic nitrogens is 1. The Morgan fingerprint density at radius 3 is 3.00 bits per heavy atom. The van der Waals surface area contributed by atoms with E-state index in [1.54, 1.807) is 5.38 Å². The first-order valence-electron chi connectivity index (χ1n) is 5.54. The van der Waals surface area contributed by atoms with Crippen molar-refractivity contribution in [2.45, 2.75) is 19.8 Å². The quantitative estimate of drug-likeness (QED) is 0.581. The molecule has 1 fully saturated rings. The molecule has 0 unspecified atom stereocenters. The van der Waals surface area contributed by atoms with Crippen LogP contribution in [-0.2, 0) is 0 Å². The van der Waals surface area contributed by atoms with Crippen molar-refractivity contribution in [2.24, 2.45) is 5.92 Å². The van der Waals surface area contributed by atoms with Crippen LogP contribution in [-0.4, -0.2) is 29.7 Å². The summed E-state index contributed by atoms with van der Waals surface area (Å²) >= 11 is 7.04. The van der Waals surface area contributed by atoms with E-state index in [1.807, 2.05) is 0 Å². The van der Waals surface area contributed by atoms with Crippen molar-refractivity contribution in [1.29, 1.82) is 0 Å². The minimum atomic E-state index is -0.0911. The molecule has 1 aromatic rings. The van der Waals surface area contributed by atoms with Crippen molar-refractivity contribution in [3.05, 3.63) is 11.1 Å². The van der Waals surface area contributed by atoms with E-state index in [-0.39, 0.29) is 11.7 Å². The molecular weight excluding hydrogens is 244 g/mol. The van der Waals surface area contributed by atoms with Crippen LogP contribution in [0.15, 0.2) is 5.38 Å². The summed E-state index contributed by atoms with van der Waals surface area (Å²) in [5.41, 5.74) is 0.504. The molecule has 16 heavy (non-hydrogen) atoms. The van der Waals surface area contributed by atoms with Crippen LogP contribution in [0, 0.1) is 5.92 Å². The summed E-state index contributed by atoms with van der Waals surface area (Å²) in [5.74, 6) is 0.750. The lowest BCUT2D eigenvalue weighted by Gasteiger charge is -2.19. The van der Waals surface area contributed by atoms with Gasteiger partial charge in [-0.05, 0) is 25.7 Å². The van der Waals surface area contributed by atoms with Gasteiger partial charge in [0.05, 0.1) is 5.88 Å². The molecule has 1 aliphatic carbocycles. The molecule has 0 aromatic carbocycles. The number of carbonyl (C=O) groups excluding carboxylic acids is 1. The van der Waals surface area contributed by atoms with E-state index < -0.39 is 0 Å². The Kier molecular flexibility index (Phi) is 3.82. The molecule has 1 aliphatic rings. The average molecular weight is 259 g/mol. The highest BCUT2D eigenvalue weighted by Gasteiger charge is 2.25. The molecular formula is C11H15ClN2OS. The Morgan fingerprint density at radius 2 is 2.44 bits per heavy atom. The molecule has 0 N–H and O–H groups in total. The molecule has 0 amide bonds. The van der Waals surface area contributed by atoms with Crippen molar-refractivity contribution >= 4 is 33.9 Å². The summed E-state index contributed by atoms with van der Waals surface area (Å²) in [7, 11) is 0. The second-order valence-electron chi connectivity index (χ2n) is 4.05. The second-order valence-corrected chi connectivity index (χ2v) is 5.16. The highest BCUT2D eigenvalue weighted by atomic mass is 35.5. The van der Waals surface area contributed by atoms with Crippen LogP contribution in [0.25, 0.3) is 0 Å². The van der Waals surface area contributed by atoms with Gasteiger partial charge in [-0.1, -0.05) is 0 Å². The van der Waals surface area contributed by atoms with Gasteiger partial charge in [-0.15, -0.1) is 22.9 Å². The maximum Gasteiger partial charge on any atom is 0.196 e. The number of rotatable bonds is 6. The Balaban J connectivity index is 2.05. The van der Waals surface area contributed by atoms with Gasteiger partial charge >= 0.3 is 0 Å². The number of alkyl halides is 1. The molecule has 0 saturated heterocycles. The summed E-state index contributed by atoms with van der Waals surface area (Å²) in [6.45, 7) is 4.13. The molecule has 0 aliphatic heterocycles. The van der Waals surface area contributed by atoms with Crippen LogP contribution in [0.4, 0.5) is 5.13 Å². The molecule has 0 radical (unpaired) electrons. The van der Waals surface area contributed by atoms with E-state index in [1.165, 1.54) is 24.2 Å². The highest BCUT2D eigenvalue weighted by Crippen LogP contribution is 2.32. The summed E-state index contributed by atoms with van der Waals surface area (Å²) in [4.78, 5) is 18.0.